The molecule has 0 aliphatic carbocycles. The van der Waals surface area contributed by atoms with Crippen LogP contribution in [0.2, 0.25) is 0 Å². The molecule has 45 heavy (non-hydrogen) atoms. The van der Waals surface area contributed by atoms with Crippen LogP contribution in [0.25, 0.3) is 88.0 Å². The Morgan fingerprint density at radius 2 is 0.800 bits per heavy atom. The topological polar surface area (TPSA) is 13.1 Å². The quantitative estimate of drug-likeness (QED) is 0.183. The van der Waals surface area contributed by atoms with E-state index in [-0.39, 0.29) is 0 Å². The highest BCUT2D eigenvalue weighted by atomic mass is 16.3. The van der Waals surface area contributed by atoms with Crippen LogP contribution < -0.4 is 0 Å². The maximum atomic E-state index is 9.60. The van der Waals surface area contributed by atoms with Crippen LogP contribution in [0.5, 0.6) is 0 Å². The third-order valence-electron chi connectivity index (χ3n) is 7.18. The number of hydrogen-bond donors (Lipinski definition) is 0. The largest absolute Gasteiger partial charge is 0.455 e. The molecule has 0 bridgehead atoms. The van der Waals surface area contributed by atoms with Crippen molar-refractivity contribution >= 4 is 43.5 Å². The molecule has 1 heterocycles. The first-order chi connectivity index (χ1) is 33.6. The number of benzene rings is 8. The van der Waals surface area contributed by atoms with E-state index < -0.39 is 251 Å². The van der Waals surface area contributed by atoms with E-state index >= 15 is 0 Å². The maximum Gasteiger partial charge on any atom is 0.143 e. The minimum Gasteiger partial charge on any atom is -0.455 e. The predicted molar refractivity (Wildman–Crippen MR) is 190 cm³/mol. The van der Waals surface area contributed by atoms with Crippen molar-refractivity contribution in [3.63, 3.8) is 0 Å². The fourth-order valence-electron chi connectivity index (χ4n) is 5.33. The Hall–Kier alpha value is -5.92. The molecule has 0 atom stereocenters. The molecule has 0 unspecified atom stereocenters. The van der Waals surface area contributed by atoms with Crippen molar-refractivity contribution in [2.75, 3.05) is 0 Å². The Kier molecular flexibility index (Phi) is 2.38. The van der Waals surface area contributed by atoms with Gasteiger partial charge in [-0.2, -0.15) is 0 Å². The minimum atomic E-state index is -0.992. The van der Waals surface area contributed by atoms with E-state index in [0.29, 0.717) is 0 Å². The summed E-state index contributed by atoms with van der Waals surface area (Å²) in [5, 5.41) is -4.01. The summed E-state index contributed by atoms with van der Waals surface area (Å²) < 4.78 is 247. The molecule has 0 spiro atoms. The Bertz CT molecular complexity index is 3920. The third kappa shape index (κ3) is 4.09. The van der Waals surface area contributed by atoms with E-state index in [0.717, 1.165) is 6.07 Å². The molecule has 0 fully saturated rings. The van der Waals surface area contributed by atoms with Gasteiger partial charge in [-0.25, -0.2) is 0 Å². The third-order valence-corrected chi connectivity index (χ3v) is 7.18. The number of fused-ring (bicyclic) bond motifs is 5. The fraction of sp³-hybridized carbons (Fsp3) is 0. The standard InChI is InChI=1S/C44H28O/c1-3-14-29(15-4-1)31-18-11-19-32(28-31)41-34-20-7-9-22-36(34)42(37-23-10-8-21-35(37)41)40-27-13-26-39-38-25-12-24-33(43(38)45-44(39)40)30-16-5-2-6-17-30/h1-28H/i1D,2D,3D,4D,5D,6D,7D,8D,9D,10D,11D,12D,13D,14D,15D,16D,17D,19D,20D,21D,22D,23D,24D,25D,26D,27D,28D. The second-order valence-electron chi connectivity index (χ2n) is 9.59. The monoisotopic (exact) mass is 599 g/mol. The molecule has 0 saturated heterocycles. The molecule has 1 nitrogen and oxygen atoms in total. The normalized spacial score (nSPS) is 20.0. The van der Waals surface area contributed by atoms with Gasteiger partial charge in [-0.3, -0.25) is 0 Å². The second kappa shape index (κ2) is 10.4. The fourth-order valence-corrected chi connectivity index (χ4v) is 5.33. The molecule has 1 aromatic heterocycles. The SMILES string of the molecule is [2H]c1cc(-c2c([2H])c([2H])c([2H])c([2H])c2[2H])c([2H])c(-c2c3c([2H])c([2H])c([2H])c([2H])c3c(-c3c([2H])c([2H])c([2H])c4c3oc3c(-c5c([2H])c([2H])c([2H])c([2H])c5[2H])c([2H])c([2H])c([2H])c34)c3c([2H])c([2H])c([2H])c([2H])c23)c1[2H]. The van der Waals surface area contributed by atoms with Crippen molar-refractivity contribution in [2.24, 2.45) is 0 Å². The van der Waals surface area contributed by atoms with Crippen LogP contribution in [0.15, 0.2) is 174 Å². The Balaban J connectivity index is 1.61. The molecule has 0 radical (unpaired) electrons. The lowest BCUT2D eigenvalue weighted by Gasteiger charge is -2.18. The summed E-state index contributed by atoms with van der Waals surface area (Å²) in [6.45, 7) is 0. The summed E-state index contributed by atoms with van der Waals surface area (Å²) in [5.74, 6) is 0. The second-order valence-corrected chi connectivity index (χ2v) is 9.59. The highest BCUT2D eigenvalue weighted by Gasteiger charge is 2.21. The molecular weight excluding hydrogens is 544 g/mol. The first-order valence-corrected chi connectivity index (χ1v) is 13.2. The Morgan fingerprint density at radius 1 is 0.333 bits per heavy atom. The molecule has 8 aromatic carbocycles. The number of para-hydroxylation sites is 2. The molecule has 0 aliphatic rings. The van der Waals surface area contributed by atoms with Gasteiger partial charge >= 0.3 is 0 Å². The van der Waals surface area contributed by atoms with Crippen molar-refractivity contribution in [3.05, 3.63) is 169 Å². The summed E-state index contributed by atoms with van der Waals surface area (Å²) >= 11 is 0. The van der Waals surface area contributed by atoms with Gasteiger partial charge in [0.25, 0.3) is 0 Å². The van der Waals surface area contributed by atoms with Gasteiger partial charge in [-0.05, 0) is 55.4 Å². The van der Waals surface area contributed by atoms with E-state index in [9.17, 15) is 9.60 Å². The van der Waals surface area contributed by atoms with Gasteiger partial charge in [-0.1, -0.05) is 163 Å². The van der Waals surface area contributed by atoms with Crippen molar-refractivity contribution < 1.29 is 41.4 Å². The van der Waals surface area contributed by atoms with E-state index in [1.165, 1.54) is 0 Å². The summed E-state index contributed by atoms with van der Waals surface area (Å²) in [6.07, 6.45) is 0. The van der Waals surface area contributed by atoms with Crippen LogP contribution >= 0.6 is 0 Å². The van der Waals surface area contributed by atoms with Crippen LogP contribution in [0.3, 0.4) is 0 Å². The van der Waals surface area contributed by atoms with E-state index in [4.69, 9.17) is 31.8 Å². The number of furan rings is 1. The predicted octanol–water partition coefficient (Wildman–Crippen LogP) is 12.6. The number of rotatable bonds is 4. The van der Waals surface area contributed by atoms with Gasteiger partial charge in [0.15, 0.2) is 0 Å². The Morgan fingerprint density at radius 3 is 1.42 bits per heavy atom. The molecule has 1 heteroatoms. The highest BCUT2D eigenvalue weighted by Crippen LogP contribution is 2.47. The van der Waals surface area contributed by atoms with Gasteiger partial charge in [-0.15, -0.1) is 0 Å². The average Bonchev–Trinajstić information content (AvgIpc) is 3.74. The molecule has 9 rings (SSSR count). The molecule has 210 valence electrons. The van der Waals surface area contributed by atoms with Crippen molar-refractivity contribution in [1.82, 2.24) is 0 Å². The summed E-state index contributed by atoms with van der Waals surface area (Å²) in [5.41, 5.74) is -6.84. The van der Waals surface area contributed by atoms with Gasteiger partial charge in [0.05, 0.1) is 37.0 Å². The zero-order valence-corrected chi connectivity index (χ0v) is 22.5. The van der Waals surface area contributed by atoms with Gasteiger partial charge in [0, 0.05) is 27.5 Å². The molecular formula is C44H28O. The van der Waals surface area contributed by atoms with Crippen molar-refractivity contribution in [3.8, 4) is 44.5 Å². The lowest BCUT2D eigenvalue weighted by Crippen LogP contribution is -1.91. The van der Waals surface area contributed by atoms with E-state index in [1.807, 2.05) is 0 Å². The molecule has 0 aliphatic heterocycles. The summed E-state index contributed by atoms with van der Waals surface area (Å²) in [4.78, 5) is 0. The van der Waals surface area contributed by atoms with Gasteiger partial charge < -0.3 is 4.42 Å². The average molecular weight is 600 g/mol. The van der Waals surface area contributed by atoms with Crippen LogP contribution in [0.1, 0.15) is 37.0 Å². The molecule has 0 saturated carbocycles. The lowest BCUT2D eigenvalue weighted by atomic mass is 9.85. The van der Waals surface area contributed by atoms with Crippen LogP contribution in [0.4, 0.5) is 0 Å². The maximum absolute atomic E-state index is 9.60. The first kappa shape index (κ1) is 10.3. The molecule has 0 amide bonds. The first-order valence-electron chi connectivity index (χ1n) is 26.7. The van der Waals surface area contributed by atoms with Crippen LogP contribution in [-0.2, 0) is 0 Å². The van der Waals surface area contributed by atoms with Crippen LogP contribution in [-0.4, -0.2) is 0 Å². The van der Waals surface area contributed by atoms with Crippen molar-refractivity contribution in [2.45, 2.75) is 0 Å². The zero-order chi connectivity index (χ0) is 53.2. The number of hydrogen-bond acceptors (Lipinski definition) is 1. The van der Waals surface area contributed by atoms with Gasteiger partial charge in [0.1, 0.15) is 11.2 Å². The lowest BCUT2D eigenvalue weighted by molar-refractivity contribution is 0.671. The summed E-state index contributed by atoms with van der Waals surface area (Å²) in [7, 11) is 0. The Labute approximate surface area is 299 Å². The van der Waals surface area contributed by atoms with Crippen molar-refractivity contribution in [1.29, 1.82) is 0 Å². The molecule has 9 aromatic rings. The zero-order valence-electron chi connectivity index (χ0n) is 49.5. The van der Waals surface area contributed by atoms with Crippen LogP contribution in [0, 0.1) is 0 Å². The van der Waals surface area contributed by atoms with E-state index in [2.05, 4.69) is 0 Å². The van der Waals surface area contributed by atoms with E-state index in [1.54, 1.807) is 0 Å². The minimum absolute atomic E-state index is 0.549. The summed E-state index contributed by atoms with van der Waals surface area (Å²) in [6, 6.07) is -23.6. The highest BCUT2D eigenvalue weighted by molar-refractivity contribution is 6.24. The smallest absolute Gasteiger partial charge is 0.143 e. The van der Waals surface area contributed by atoms with Gasteiger partial charge in [0.2, 0.25) is 0 Å². The molecule has 0 N–H and O–H groups in total.